The van der Waals surface area contributed by atoms with Gasteiger partial charge in [-0.05, 0) is 44.7 Å². The number of piperidine rings is 1. The number of para-hydroxylation sites is 2. The fourth-order valence-electron chi connectivity index (χ4n) is 4.19. The van der Waals surface area contributed by atoms with Gasteiger partial charge in [-0.1, -0.05) is 12.1 Å². The van der Waals surface area contributed by atoms with Gasteiger partial charge in [-0.2, -0.15) is 0 Å². The van der Waals surface area contributed by atoms with Crippen LogP contribution in [-0.2, 0) is 11.3 Å². The molecular weight excluding hydrogens is 359 g/mol. The number of likely N-dealkylation sites (N-methyl/N-ethyl adjacent to an activating group) is 1. The third-order valence-corrected chi connectivity index (χ3v) is 5.53. The smallest absolute Gasteiger partial charge is 0.242 e. The summed E-state index contributed by atoms with van der Waals surface area (Å²) in [6.07, 6.45) is 4.69. The second-order valence-corrected chi connectivity index (χ2v) is 7.00. The summed E-state index contributed by atoms with van der Waals surface area (Å²) in [5.74, 6) is 1.08. The number of carbonyl (C=O) groups excluding carboxylic acids is 1. The number of nitrogens with one attached hydrogen (secondary N) is 1. The van der Waals surface area contributed by atoms with E-state index >= 15 is 0 Å². The van der Waals surface area contributed by atoms with Crippen molar-refractivity contribution >= 4 is 41.8 Å². The van der Waals surface area contributed by atoms with Crippen LogP contribution in [0.25, 0.3) is 11.0 Å². The molecule has 5 nitrogen and oxygen atoms in total. The Bertz CT molecular complexity index is 736. The van der Waals surface area contributed by atoms with Crippen molar-refractivity contribution in [3.63, 3.8) is 0 Å². The van der Waals surface area contributed by atoms with Gasteiger partial charge in [-0.3, -0.25) is 4.79 Å². The molecule has 25 heavy (non-hydrogen) atoms. The monoisotopic (exact) mass is 384 g/mol. The minimum atomic E-state index is 0. The Morgan fingerprint density at radius 3 is 2.56 bits per heavy atom. The first-order chi connectivity index (χ1) is 11.1. The molecule has 1 aromatic heterocycles. The number of halogens is 2. The largest absolute Gasteiger partial charge is 0.341 e. The van der Waals surface area contributed by atoms with E-state index in [1.165, 1.54) is 12.8 Å². The number of nitrogens with zero attached hydrogens (tertiary/aromatic N) is 3. The van der Waals surface area contributed by atoms with Crippen molar-refractivity contribution in [2.45, 2.75) is 57.3 Å². The molecule has 0 radical (unpaired) electrons. The number of amides is 1. The molecule has 0 aliphatic carbocycles. The highest BCUT2D eigenvalue weighted by atomic mass is 35.5. The Morgan fingerprint density at radius 2 is 1.88 bits per heavy atom. The Hall–Kier alpha value is -1.30. The third kappa shape index (κ3) is 3.78. The highest BCUT2D eigenvalue weighted by Crippen LogP contribution is 2.29. The summed E-state index contributed by atoms with van der Waals surface area (Å²) in [4.78, 5) is 19.3. The summed E-state index contributed by atoms with van der Waals surface area (Å²) in [5.41, 5.74) is 2.00. The number of imidazole rings is 1. The fraction of sp³-hybridized carbons (Fsp3) is 0.556. The van der Waals surface area contributed by atoms with E-state index in [1.807, 2.05) is 47.7 Å². The first kappa shape index (κ1) is 20.0. The van der Waals surface area contributed by atoms with Gasteiger partial charge in [0.15, 0.2) is 0 Å². The normalized spacial score (nSPS) is 24.5. The molecule has 1 aromatic carbocycles. The molecule has 2 unspecified atom stereocenters. The molecule has 2 aromatic rings. The minimum Gasteiger partial charge on any atom is -0.341 e. The van der Waals surface area contributed by atoms with Crippen LogP contribution in [0.4, 0.5) is 0 Å². The molecule has 0 saturated carbocycles. The molecule has 2 saturated heterocycles. The van der Waals surface area contributed by atoms with Crippen LogP contribution in [0.15, 0.2) is 24.3 Å². The molecular formula is C18H26Cl2N4O. The lowest BCUT2D eigenvalue weighted by Gasteiger charge is -2.35. The van der Waals surface area contributed by atoms with Crippen molar-refractivity contribution in [1.82, 2.24) is 19.8 Å². The van der Waals surface area contributed by atoms with E-state index in [0.29, 0.717) is 24.7 Å². The number of hydrogen-bond donors (Lipinski definition) is 1. The van der Waals surface area contributed by atoms with Gasteiger partial charge in [-0.25, -0.2) is 4.98 Å². The summed E-state index contributed by atoms with van der Waals surface area (Å²) in [6, 6.07) is 9.59. The maximum absolute atomic E-state index is 12.8. The van der Waals surface area contributed by atoms with Gasteiger partial charge in [0.1, 0.15) is 12.4 Å². The van der Waals surface area contributed by atoms with Crippen molar-refractivity contribution in [1.29, 1.82) is 0 Å². The van der Waals surface area contributed by atoms with E-state index in [-0.39, 0.29) is 30.7 Å². The molecule has 2 fully saturated rings. The van der Waals surface area contributed by atoms with E-state index in [4.69, 9.17) is 0 Å². The Morgan fingerprint density at radius 1 is 1.24 bits per heavy atom. The molecule has 1 N–H and O–H groups in total. The molecule has 4 rings (SSSR count). The molecule has 3 heterocycles. The molecule has 1 amide bonds. The summed E-state index contributed by atoms with van der Waals surface area (Å²) < 4.78 is 2.03. The predicted octanol–water partition coefficient (Wildman–Crippen LogP) is 2.93. The topological polar surface area (TPSA) is 50.2 Å². The summed E-state index contributed by atoms with van der Waals surface area (Å²) in [7, 11) is 1.96. The van der Waals surface area contributed by atoms with E-state index < -0.39 is 0 Å². The third-order valence-electron chi connectivity index (χ3n) is 5.53. The highest BCUT2D eigenvalue weighted by Gasteiger charge is 2.36. The first-order valence-corrected chi connectivity index (χ1v) is 8.55. The molecule has 7 heteroatoms. The highest BCUT2D eigenvalue weighted by molar-refractivity contribution is 5.85. The van der Waals surface area contributed by atoms with Crippen molar-refractivity contribution in [2.75, 3.05) is 7.05 Å². The number of rotatable bonds is 3. The minimum absolute atomic E-state index is 0. The van der Waals surface area contributed by atoms with Crippen molar-refractivity contribution in [2.24, 2.45) is 0 Å². The van der Waals surface area contributed by atoms with Crippen LogP contribution in [0.3, 0.4) is 0 Å². The van der Waals surface area contributed by atoms with Crippen molar-refractivity contribution in [3.8, 4) is 0 Å². The SMILES string of the molecule is Cc1nc2ccccc2n1CC(=O)N(C)C1CC2CCC(C1)N2.Cl.Cl. The van der Waals surface area contributed by atoms with Gasteiger partial charge in [0.05, 0.1) is 11.0 Å². The number of carbonyl (C=O) groups is 1. The molecule has 138 valence electrons. The van der Waals surface area contributed by atoms with Gasteiger partial charge in [0, 0.05) is 25.2 Å². The van der Waals surface area contributed by atoms with E-state index in [9.17, 15) is 4.79 Å². The molecule has 0 spiro atoms. The van der Waals surface area contributed by atoms with Gasteiger partial charge >= 0.3 is 0 Å². The van der Waals surface area contributed by atoms with Crippen molar-refractivity contribution in [3.05, 3.63) is 30.1 Å². The maximum Gasteiger partial charge on any atom is 0.242 e. The Kier molecular flexibility index (Phi) is 6.35. The number of hydrogen-bond acceptors (Lipinski definition) is 3. The van der Waals surface area contributed by atoms with Crippen molar-refractivity contribution < 1.29 is 4.79 Å². The van der Waals surface area contributed by atoms with Crippen LogP contribution in [-0.4, -0.2) is 45.5 Å². The number of benzene rings is 1. The van der Waals surface area contributed by atoms with Crippen LogP contribution < -0.4 is 5.32 Å². The van der Waals surface area contributed by atoms with E-state index in [1.54, 1.807) is 0 Å². The standard InChI is InChI=1S/C18H24N4O.2ClH/c1-12-19-16-5-3-4-6-17(16)22(12)11-18(23)21(2)15-9-13-7-8-14(10-15)20-13;;/h3-6,13-15,20H,7-11H2,1-2H3;2*1H. The Balaban J connectivity index is 0.00000113. The second kappa shape index (κ2) is 7.94. The van der Waals surface area contributed by atoms with Crippen LogP contribution in [0.2, 0.25) is 0 Å². The Labute approximate surface area is 161 Å². The number of aryl methyl sites for hydroxylation is 1. The van der Waals surface area contributed by atoms with Crippen LogP contribution in [0.5, 0.6) is 0 Å². The number of fused-ring (bicyclic) bond motifs is 3. The molecule has 2 aliphatic heterocycles. The fourth-order valence-corrected chi connectivity index (χ4v) is 4.19. The first-order valence-electron chi connectivity index (χ1n) is 8.55. The predicted molar refractivity (Wildman–Crippen MR) is 105 cm³/mol. The van der Waals surface area contributed by atoms with Gasteiger partial charge in [-0.15, -0.1) is 24.8 Å². The summed E-state index contributed by atoms with van der Waals surface area (Å²) in [5, 5.41) is 3.64. The molecule has 2 bridgehead atoms. The average Bonchev–Trinajstić information content (AvgIpc) is 3.05. The van der Waals surface area contributed by atoms with Gasteiger partial charge in [0.2, 0.25) is 5.91 Å². The van der Waals surface area contributed by atoms with Crippen LogP contribution in [0, 0.1) is 6.92 Å². The lowest BCUT2D eigenvalue weighted by Crippen LogP contribution is -2.49. The molecule has 2 aliphatic rings. The van der Waals surface area contributed by atoms with E-state index in [2.05, 4.69) is 10.3 Å². The zero-order valence-corrected chi connectivity index (χ0v) is 16.3. The van der Waals surface area contributed by atoms with E-state index in [0.717, 1.165) is 29.7 Å². The maximum atomic E-state index is 12.8. The lowest BCUT2D eigenvalue weighted by atomic mass is 9.98. The average molecular weight is 385 g/mol. The van der Waals surface area contributed by atoms with Crippen LogP contribution in [0.1, 0.15) is 31.5 Å². The van der Waals surface area contributed by atoms with Gasteiger partial charge in [0.25, 0.3) is 0 Å². The molecule has 2 atom stereocenters. The summed E-state index contributed by atoms with van der Waals surface area (Å²) in [6.45, 7) is 2.35. The zero-order valence-electron chi connectivity index (χ0n) is 14.6. The second-order valence-electron chi connectivity index (χ2n) is 7.00. The zero-order chi connectivity index (χ0) is 16.0. The quantitative estimate of drug-likeness (QED) is 0.884. The van der Waals surface area contributed by atoms with Gasteiger partial charge < -0.3 is 14.8 Å². The lowest BCUT2D eigenvalue weighted by molar-refractivity contribution is -0.133. The number of aromatic nitrogens is 2. The van der Waals surface area contributed by atoms with Crippen LogP contribution >= 0.6 is 24.8 Å². The summed E-state index contributed by atoms with van der Waals surface area (Å²) >= 11 is 0.